The highest BCUT2D eigenvalue weighted by Crippen LogP contribution is 2.08. The Morgan fingerprint density at radius 3 is 2.64 bits per heavy atom. The van der Waals surface area contributed by atoms with Gasteiger partial charge < -0.3 is 4.74 Å². The Labute approximate surface area is 81.3 Å². The van der Waals surface area contributed by atoms with Gasteiger partial charge in [-0.15, -0.1) is 0 Å². The van der Waals surface area contributed by atoms with E-state index in [-0.39, 0.29) is 5.56 Å². The number of nitrogens with zero attached hydrogens (tertiary/aromatic N) is 1. The summed E-state index contributed by atoms with van der Waals surface area (Å²) < 4.78 is 6.58. The number of hydrogen-bond donors (Lipinski definition) is 1. The molecule has 1 aromatic rings. The van der Waals surface area contributed by atoms with Crippen LogP contribution in [0.25, 0.3) is 0 Å². The highest BCUT2D eigenvalue weighted by Gasteiger charge is 2.17. The van der Waals surface area contributed by atoms with Crippen molar-refractivity contribution in [3.8, 4) is 0 Å². The molecular weight excluding hydrogens is 184 g/mol. The third kappa shape index (κ3) is 2.56. The molecular formula is C9H14N2O3. The van der Waals surface area contributed by atoms with Gasteiger partial charge in [0.1, 0.15) is 0 Å². The Hall–Kier alpha value is -1.36. The molecule has 0 aliphatic heterocycles. The molecule has 5 heteroatoms. The van der Waals surface area contributed by atoms with Gasteiger partial charge in [-0.05, 0) is 13.8 Å². The first-order chi connectivity index (χ1) is 6.44. The lowest BCUT2D eigenvalue weighted by molar-refractivity contribution is 0.00705. The molecule has 14 heavy (non-hydrogen) atoms. The highest BCUT2D eigenvalue weighted by atomic mass is 16.5. The van der Waals surface area contributed by atoms with Crippen LogP contribution in [0.3, 0.4) is 0 Å². The van der Waals surface area contributed by atoms with Gasteiger partial charge in [0.15, 0.2) is 0 Å². The SMILES string of the molecule is COC(C)(C)Cn1ccc(=O)[nH]c1=O. The van der Waals surface area contributed by atoms with E-state index in [1.807, 2.05) is 13.8 Å². The van der Waals surface area contributed by atoms with Gasteiger partial charge in [-0.2, -0.15) is 0 Å². The lowest BCUT2D eigenvalue weighted by atomic mass is 10.1. The molecule has 0 saturated heterocycles. The third-order valence-electron chi connectivity index (χ3n) is 2.00. The zero-order chi connectivity index (χ0) is 10.8. The van der Waals surface area contributed by atoms with E-state index in [1.165, 1.54) is 16.8 Å². The van der Waals surface area contributed by atoms with Gasteiger partial charge in [0.25, 0.3) is 5.56 Å². The third-order valence-corrected chi connectivity index (χ3v) is 2.00. The maximum atomic E-state index is 11.3. The predicted molar refractivity (Wildman–Crippen MR) is 52.4 cm³/mol. The summed E-state index contributed by atoms with van der Waals surface area (Å²) in [6.45, 7) is 4.13. The molecule has 5 nitrogen and oxygen atoms in total. The van der Waals surface area contributed by atoms with Crippen LogP contribution in [0.4, 0.5) is 0 Å². The molecule has 78 valence electrons. The van der Waals surface area contributed by atoms with Gasteiger partial charge in [-0.1, -0.05) is 0 Å². The molecule has 0 atom stereocenters. The molecule has 0 aliphatic carbocycles. The summed E-state index contributed by atoms with van der Waals surface area (Å²) in [5, 5.41) is 0. The molecule has 1 aromatic heterocycles. The molecule has 0 fully saturated rings. The summed E-state index contributed by atoms with van der Waals surface area (Å²) in [7, 11) is 1.58. The molecule has 0 amide bonds. The van der Waals surface area contributed by atoms with E-state index in [2.05, 4.69) is 4.98 Å². The number of ether oxygens (including phenoxy) is 1. The molecule has 1 rings (SSSR count). The molecule has 1 heterocycles. The predicted octanol–water partition coefficient (Wildman–Crippen LogP) is -0.0384. The van der Waals surface area contributed by atoms with Crippen molar-refractivity contribution in [2.45, 2.75) is 26.0 Å². The minimum absolute atomic E-state index is 0.388. The second-order valence-corrected chi connectivity index (χ2v) is 3.70. The van der Waals surface area contributed by atoms with Crippen molar-refractivity contribution in [2.24, 2.45) is 0 Å². The summed E-state index contributed by atoms with van der Waals surface area (Å²) in [6, 6.07) is 1.31. The monoisotopic (exact) mass is 198 g/mol. The first-order valence-corrected chi connectivity index (χ1v) is 4.29. The van der Waals surface area contributed by atoms with Crippen LogP contribution in [-0.2, 0) is 11.3 Å². The minimum Gasteiger partial charge on any atom is -0.377 e. The number of nitrogens with one attached hydrogen (secondary N) is 1. The zero-order valence-corrected chi connectivity index (χ0v) is 8.53. The topological polar surface area (TPSA) is 64.1 Å². The summed E-state index contributed by atoms with van der Waals surface area (Å²) in [5.74, 6) is 0. The fraction of sp³-hybridized carbons (Fsp3) is 0.556. The van der Waals surface area contributed by atoms with E-state index >= 15 is 0 Å². The Bertz CT molecular complexity index is 417. The van der Waals surface area contributed by atoms with Gasteiger partial charge in [0.2, 0.25) is 0 Å². The van der Waals surface area contributed by atoms with Crippen LogP contribution in [0.2, 0.25) is 0 Å². The van der Waals surface area contributed by atoms with Crippen LogP contribution >= 0.6 is 0 Å². The normalized spacial score (nSPS) is 11.6. The van der Waals surface area contributed by atoms with E-state index in [0.29, 0.717) is 6.54 Å². The molecule has 0 radical (unpaired) electrons. The van der Waals surface area contributed by atoms with Gasteiger partial charge >= 0.3 is 5.69 Å². The summed E-state index contributed by atoms with van der Waals surface area (Å²) in [5.41, 5.74) is -1.23. The second-order valence-electron chi connectivity index (χ2n) is 3.70. The van der Waals surface area contributed by atoms with Crippen molar-refractivity contribution in [1.82, 2.24) is 9.55 Å². The van der Waals surface area contributed by atoms with E-state index in [9.17, 15) is 9.59 Å². The molecule has 0 spiro atoms. The van der Waals surface area contributed by atoms with Gasteiger partial charge in [0, 0.05) is 19.4 Å². The van der Waals surface area contributed by atoms with Crippen LogP contribution in [0, 0.1) is 0 Å². The number of H-pyrrole nitrogens is 1. The van der Waals surface area contributed by atoms with Crippen LogP contribution in [-0.4, -0.2) is 22.3 Å². The van der Waals surface area contributed by atoms with Crippen molar-refractivity contribution in [3.63, 3.8) is 0 Å². The number of hydrogen-bond acceptors (Lipinski definition) is 3. The quantitative estimate of drug-likeness (QED) is 0.741. The van der Waals surface area contributed by atoms with E-state index in [0.717, 1.165) is 0 Å². The van der Waals surface area contributed by atoms with Crippen LogP contribution in [0.1, 0.15) is 13.8 Å². The van der Waals surface area contributed by atoms with Crippen molar-refractivity contribution < 1.29 is 4.74 Å². The van der Waals surface area contributed by atoms with Gasteiger partial charge in [-0.3, -0.25) is 14.3 Å². The van der Waals surface area contributed by atoms with Crippen LogP contribution in [0.5, 0.6) is 0 Å². The Balaban J connectivity index is 2.99. The molecule has 0 unspecified atom stereocenters. The molecule has 0 aliphatic rings. The Morgan fingerprint density at radius 2 is 2.14 bits per heavy atom. The molecule has 1 N–H and O–H groups in total. The molecule has 0 aromatic carbocycles. The van der Waals surface area contributed by atoms with E-state index in [4.69, 9.17) is 4.74 Å². The van der Waals surface area contributed by atoms with E-state index in [1.54, 1.807) is 7.11 Å². The largest absolute Gasteiger partial charge is 0.377 e. The fourth-order valence-corrected chi connectivity index (χ4v) is 1.04. The lowest BCUT2D eigenvalue weighted by Crippen LogP contribution is -2.37. The van der Waals surface area contributed by atoms with E-state index < -0.39 is 11.3 Å². The smallest absolute Gasteiger partial charge is 0.328 e. The maximum absolute atomic E-state index is 11.3. The minimum atomic E-state index is -0.429. The first-order valence-electron chi connectivity index (χ1n) is 4.29. The number of rotatable bonds is 3. The number of methoxy groups -OCH3 is 1. The summed E-state index contributed by atoms with van der Waals surface area (Å²) >= 11 is 0. The van der Waals surface area contributed by atoms with Gasteiger partial charge in [0.05, 0.1) is 12.1 Å². The van der Waals surface area contributed by atoms with Crippen molar-refractivity contribution in [2.75, 3.05) is 7.11 Å². The molecule has 0 saturated carbocycles. The Kier molecular flexibility index (Phi) is 2.90. The van der Waals surface area contributed by atoms with Crippen LogP contribution < -0.4 is 11.2 Å². The Morgan fingerprint density at radius 1 is 1.50 bits per heavy atom. The first kappa shape index (κ1) is 10.7. The highest BCUT2D eigenvalue weighted by molar-refractivity contribution is 4.84. The fourth-order valence-electron chi connectivity index (χ4n) is 1.04. The maximum Gasteiger partial charge on any atom is 0.328 e. The van der Waals surface area contributed by atoms with Crippen LogP contribution in [0.15, 0.2) is 21.9 Å². The lowest BCUT2D eigenvalue weighted by Gasteiger charge is -2.23. The average molecular weight is 198 g/mol. The second kappa shape index (κ2) is 3.79. The van der Waals surface area contributed by atoms with Crippen molar-refractivity contribution in [3.05, 3.63) is 33.1 Å². The summed E-state index contributed by atoms with van der Waals surface area (Å²) in [6.07, 6.45) is 1.46. The summed E-state index contributed by atoms with van der Waals surface area (Å²) in [4.78, 5) is 24.2. The van der Waals surface area contributed by atoms with Gasteiger partial charge in [-0.25, -0.2) is 4.79 Å². The van der Waals surface area contributed by atoms with Crippen molar-refractivity contribution in [1.29, 1.82) is 0 Å². The molecule has 0 bridgehead atoms. The number of aromatic amines is 1. The standard InChI is InChI=1S/C9H14N2O3/c1-9(2,14-3)6-11-5-4-7(12)10-8(11)13/h4-5H,6H2,1-3H3,(H,10,12,13). The van der Waals surface area contributed by atoms with Crippen molar-refractivity contribution >= 4 is 0 Å². The average Bonchev–Trinajstić information content (AvgIpc) is 2.10. The zero-order valence-electron chi connectivity index (χ0n) is 8.53. The number of aromatic nitrogens is 2.